The Hall–Kier alpha value is -3.83. The number of nitrogens with one attached hydrogen (secondary N) is 1. The number of methoxy groups -OCH3 is 2. The highest BCUT2D eigenvalue weighted by molar-refractivity contribution is 9.10. The number of nitrogens with zero attached hydrogens (tertiary/aromatic N) is 2. The minimum Gasteiger partial charge on any atom is -0.497 e. The molecule has 37 heavy (non-hydrogen) atoms. The van der Waals surface area contributed by atoms with E-state index in [2.05, 4.69) is 31.1 Å². The predicted octanol–water partition coefficient (Wildman–Crippen LogP) is 6.19. The lowest BCUT2D eigenvalue weighted by molar-refractivity contribution is -0.131. The molecule has 3 aromatic carbocycles. The highest BCUT2D eigenvalue weighted by Crippen LogP contribution is 2.32. The number of aromatic amines is 1. The molecule has 0 saturated heterocycles. The molecule has 8 nitrogen and oxygen atoms in total. The van der Waals surface area contributed by atoms with Crippen molar-refractivity contribution in [2.45, 2.75) is 11.8 Å². The number of aromatic nitrogens is 3. The fourth-order valence-electron chi connectivity index (χ4n) is 3.22. The van der Waals surface area contributed by atoms with E-state index in [-0.39, 0.29) is 22.5 Å². The van der Waals surface area contributed by atoms with Crippen LogP contribution in [0, 0.1) is 5.82 Å². The number of ether oxygens (including phenoxy) is 3. The summed E-state index contributed by atoms with van der Waals surface area (Å²) in [6.45, 7) is 0.261. The Kier molecular flexibility index (Phi) is 8.47. The lowest BCUT2D eigenvalue weighted by atomic mass is 10.2. The summed E-state index contributed by atoms with van der Waals surface area (Å²) in [7, 11) is 3.10. The number of benzene rings is 3. The Morgan fingerprint density at radius 3 is 2.41 bits per heavy atom. The molecule has 0 amide bonds. The lowest BCUT2D eigenvalue weighted by Gasteiger charge is -2.09. The van der Waals surface area contributed by atoms with Gasteiger partial charge in [-0.25, -0.2) is 14.2 Å². The maximum absolute atomic E-state index is 13.1. The number of halogens is 2. The van der Waals surface area contributed by atoms with Crippen LogP contribution >= 0.6 is 27.7 Å². The van der Waals surface area contributed by atoms with E-state index in [0.717, 1.165) is 17.3 Å². The van der Waals surface area contributed by atoms with Crippen LogP contribution in [0.15, 0.2) is 75.2 Å². The molecular formula is C26H21BrFN3O5S. The van der Waals surface area contributed by atoms with E-state index in [1.165, 1.54) is 18.2 Å². The average molecular weight is 586 g/mol. The van der Waals surface area contributed by atoms with Crippen molar-refractivity contribution < 1.29 is 28.5 Å². The van der Waals surface area contributed by atoms with Gasteiger partial charge in [-0.2, -0.15) is 0 Å². The molecular weight excluding hydrogens is 565 g/mol. The highest BCUT2D eigenvalue weighted by Gasteiger charge is 2.16. The molecule has 1 heterocycles. The molecule has 0 radical (unpaired) electrons. The van der Waals surface area contributed by atoms with Gasteiger partial charge in [-0.05, 0) is 81.3 Å². The van der Waals surface area contributed by atoms with Gasteiger partial charge in [-0.3, -0.25) is 5.10 Å². The van der Waals surface area contributed by atoms with Gasteiger partial charge >= 0.3 is 5.97 Å². The number of carboxylic acid groups (broad SMARTS) is 1. The SMILES string of the molecule is COc1cc(OC)cc(-c2nc(S/C(=C\c3ccc(OCc4ccc(F)cc4)c(Br)c3)C(=O)O)n[nH]2)c1. The summed E-state index contributed by atoms with van der Waals surface area (Å²) >= 11 is 4.37. The standard InChI is InChI=1S/C26H21BrFN3O5S/c1-34-19-11-17(12-20(13-19)35-2)24-29-26(31-30-24)37-23(25(32)33)10-16-5-8-22(21(27)9-16)36-14-15-3-6-18(28)7-4-15/h3-13H,14H2,1-2H3,(H,32,33)(H,29,30,31)/b23-10-. The van der Waals surface area contributed by atoms with Gasteiger partial charge in [0, 0.05) is 11.6 Å². The average Bonchev–Trinajstić information content (AvgIpc) is 3.37. The number of carbonyl (C=O) groups is 1. The molecule has 0 bridgehead atoms. The topological polar surface area (TPSA) is 107 Å². The third-order valence-electron chi connectivity index (χ3n) is 5.06. The van der Waals surface area contributed by atoms with Crippen LogP contribution in [-0.2, 0) is 11.4 Å². The smallest absolute Gasteiger partial charge is 0.342 e. The molecule has 0 atom stereocenters. The second-order valence-corrected chi connectivity index (χ2v) is 9.45. The second kappa shape index (κ2) is 11.9. The molecule has 0 aliphatic heterocycles. The number of aliphatic carboxylic acids is 1. The first-order valence-corrected chi connectivity index (χ1v) is 12.4. The summed E-state index contributed by atoms with van der Waals surface area (Å²) in [5, 5.41) is 17.0. The van der Waals surface area contributed by atoms with Crippen LogP contribution < -0.4 is 14.2 Å². The van der Waals surface area contributed by atoms with E-state index < -0.39 is 5.97 Å². The van der Waals surface area contributed by atoms with E-state index in [9.17, 15) is 14.3 Å². The Labute approximate surface area is 224 Å². The number of hydrogen-bond acceptors (Lipinski definition) is 7. The van der Waals surface area contributed by atoms with Crippen molar-refractivity contribution in [3.63, 3.8) is 0 Å². The van der Waals surface area contributed by atoms with Crippen LogP contribution in [0.25, 0.3) is 17.5 Å². The Bertz CT molecular complexity index is 1420. The Morgan fingerprint density at radius 2 is 1.78 bits per heavy atom. The molecule has 0 saturated carbocycles. The minimum absolute atomic E-state index is 0.0284. The van der Waals surface area contributed by atoms with Crippen molar-refractivity contribution in [3.05, 3.63) is 87.0 Å². The fraction of sp³-hybridized carbons (Fsp3) is 0.115. The van der Waals surface area contributed by atoms with E-state index in [1.54, 1.807) is 62.8 Å². The zero-order valence-electron chi connectivity index (χ0n) is 19.7. The number of hydrogen-bond donors (Lipinski definition) is 2. The van der Waals surface area contributed by atoms with Crippen LogP contribution in [0.4, 0.5) is 4.39 Å². The molecule has 2 N–H and O–H groups in total. The lowest BCUT2D eigenvalue weighted by Crippen LogP contribution is -1.98. The number of rotatable bonds is 10. The van der Waals surface area contributed by atoms with Crippen LogP contribution in [0.1, 0.15) is 11.1 Å². The summed E-state index contributed by atoms with van der Waals surface area (Å²) in [4.78, 5) is 16.4. The van der Waals surface area contributed by atoms with Gasteiger partial charge in [0.25, 0.3) is 0 Å². The molecule has 4 aromatic rings. The summed E-state index contributed by atoms with van der Waals surface area (Å²) in [5.74, 6) is 0.749. The zero-order valence-corrected chi connectivity index (χ0v) is 22.1. The maximum Gasteiger partial charge on any atom is 0.342 e. The Balaban J connectivity index is 1.49. The summed E-state index contributed by atoms with van der Waals surface area (Å²) in [6, 6.07) is 16.5. The summed E-state index contributed by atoms with van der Waals surface area (Å²) in [6.07, 6.45) is 1.52. The quantitative estimate of drug-likeness (QED) is 0.168. The number of carboxylic acids is 1. The van der Waals surface area contributed by atoms with Gasteiger partial charge in [-0.1, -0.05) is 18.2 Å². The molecule has 0 aliphatic carbocycles. The number of thioether (sulfide) groups is 1. The van der Waals surface area contributed by atoms with Crippen molar-refractivity contribution in [1.29, 1.82) is 0 Å². The molecule has 190 valence electrons. The first kappa shape index (κ1) is 26.2. The normalized spacial score (nSPS) is 11.3. The third kappa shape index (κ3) is 6.89. The van der Waals surface area contributed by atoms with E-state index in [4.69, 9.17) is 14.2 Å². The predicted molar refractivity (Wildman–Crippen MR) is 141 cm³/mol. The Morgan fingerprint density at radius 1 is 1.08 bits per heavy atom. The highest BCUT2D eigenvalue weighted by atomic mass is 79.9. The molecule has 0 fully saturated rings. The minimum atomic E-state index is -1.12. The van der Waals surface area contributed by atoms with Gasteiger partial charge in [0.05, 0.1) is 18.7 Å². The van der Waals surface area contributed by atoms with E-state index >= 15 is 0 Å². The van der Waals surface area contributed by atoms with E-state index in [1.807, 2.05) is 0 Å². The van der Waals surface area contributed by atoms with Gasteiger partial charge in [0.1, 0.15) is 34.6 Å². The summed E-state index contributed by atoms with van der Waals surface area (Å²) < 4.78 is 30.1. The first-order valence-electron chi connectivity index (χ1n) is 10.8. The van der Waals surface area contributed by atoms with Crippen LogP contribution in [0.2, 0.25) is 0 Å². The third-order valence-corrected chi connectivity index (χ3v) is 6.56. The first-order chi connectivity index (χ1) is 17.8. The molecule has 11 heteroatoms. The van der Waals surface area contributed by atoms with Crippen LogP contribution in [-0.4, -0.2) is 40.5 Å². The van der Waals surface area contributed by atoms with Crippen LogP contribution in [0.3, 0.4) is 0 Å². The van der Waals surface area contributed by atoms with Gasteiger partial charge < -0.3 is 19.3 Å². The maximum atomic E-state index is 13.1. The fourth-order valence-corrected chi connectivity index (χ4v) is 4.43. The van der Waals surface area contributed by atoms with Crippen molar-refractivity contribution in [2.75, 3.05) is 14.2 Å². The molecule has 0 aliphatic rings. The molecule has 4 rings (SSSR count). The largest absolute Gasteiger partial charge is 0.497 e. The van der Waals surface area contributed by atoms with Gasteiger partial charge in [0.15, 0.2) is 5.82 Å². The van der Waals surface area contributed by atoms with Crippen LogP contribution in [0.5, 0.6) is 17.2 Å². The van der Waals surface area contributed by atoms with Crippen molar-refractivity contribution >= 4 is 39.7 Å². The second-order valence-electron chi connectivity index (χ2n) is 7.59. The number of H-pyrrole nitrogens is 1. The monoisotopic (exact) mass is 585 g/mol. The van der Waals surface area contributed by atoms with Crippen molar-refractivity contribution in [2.24, 2.45) is 0 Å². The summed E-state index contributed by atoms with van der Waals surface area (Å²) in [5.41, 5.74) is 2.14. The molecule has 1 aromatic heterocycles. The molecule has 0 spiro atoms. The van der Waals surface area contributed by atoms with Gasteiger partial charge in [0.2, 0.25) is 5.16 Å². The van der Waals surface area contributed by atoms with Crippen molar-refractivity contribution in [1.82, 2.24) is 15.2 Å². The van der Waals surface area contributed by atoms with E-state index in [0.29, 0.717) is 38.7 Å². The van der Waals surface area contributed by atoms with Gasteiger partial charge in [-0.15, -0.1) is 5.10 Å². The van der Waals surface area contributed by atoms with Crippen molar-refractivity contribution in [3.8, 4) is 28.6 Å². The zero-order chi connectivity index (χ0) is 26.4. The molecule has 0 unspecified atom stereocenters.